The second-order valence-corrected chi connectivity index (χ2v) is 8.06. The lowest BCUT2D eigenvalue weighted by Crippen LogP contribution is -2.17. The highest BCUT2D eigenvalue weighted by atomic mass is 16.6. The number of carbonyl (C=O) groups excluding carboxylic acids is 1. The topological polar surface area (TPSA) is 96.0 Å². The van der Waals surface area contributed by atoms with E-state index in [0.717, 1.165) is 16.5 Å². The van der Waals surface area contributed by atoms with E-state index in [1.807, 2.05) is 37.3 Å². The Morgan fingerprint density at radius 2 is 1.49 bits per heavy atom. The van der Waals surface area contributed by atoms with Crippen molar-refractivity contribution in [2.24, 2.45) is 0 Å². The van der Waals surface area contributed by atoms with Crippen molar-refractivity contribution in [3.8, 4) is 22.6 Å². The van der Waals surface area contributed by atoms with Crippen molar-refractivity contribution >= 4 is 27.9 Å². The van der Waals surface area contributed by atoms with Gasteiger partial charge in [0.1, 0.15) is 28.4 Å². The summed E-state index contributed by atoms with van der Waals surface area (Å²) in [7, 11) is 0. The Bertz CT molecular complexity index is 1690. The Morgan fingerprint density at radius 3 is 2.29 bits per heavy atom. The van der Waals surface area contributed by atoms with E-state index in [-0.39, 0.29) is 17.8 Å². The lowest BCUT2D eigenvalue weighted by Gasteiger charge is -2.10. The highest BCUT2D eigenvalue weighted by Gasteiger charge is 2.15. The van der Waals surface area contributed by atoms with Crippen LogP contribution < -0.4 is 20.5 Å². The first kappa shape index (κ1) is 22.2. The Hall–Kier alpha value is -4.65. The van der Waals surface area contributed by atoms with Crippen molar-refractivity contribution in [2.45, 2.75) is 13.8 Å². The van der Waals surface area contributed by atoms with E-state index in [1.54, 1.807) is 31.2 Å². The SMILES string of the molecule is Cc1oc2cc(OC(=O)COc3ccc4c(C)cc(=O)oc4c3)ccc2c(=O)c1-c1ccccc1. The van der Waals surface area contributed by atoms with Gasteiger partial charge < -0.3 is 18.3 Å². The quantitative estimate of drug-likeness (QED) is 0.199. The highest BCUT2D eigenvalue weighted by Crippen LogP contribution is 2.27. The summed E-state index contributed by atoms with van der Waals surface area (Å²) in [5.74, 6) is 0.409. The molecule has 0 fully saturated rings. The predicted molar refractivity (Wildman–Crippen MR) is 131 cm³/mol. The summed E-state index contributed by atoms with van der Waals surface area (Å²) < 4.78 is 21.9. The predicted octanol–water partition coefficient (Wildman–Crippen LogP) is 5.17. The zero-order valence-electron chi connectivity index (χ0n) is 19.0. The maximum atomic E-state index is 13.1. The zero-order valence-corrected chi connectivity index (χ0v) is 19.0. The Labute approximate surface area is 199 Å². The molecular formula is C28H20O7. The van der Waals surface area contributed by atoms with Crippen molar-refractivity contribution in [1.82, 2.24) is 0 Å². The normalized spacial score (nSPS) is 11.0. The molecule has 0 aliphatic heterocycles. The summed E-state index contributed by atoms with van der Waals surface area (Å²) in [4.78, 5) is 37.0. The Morgan fingerprint density at radius 1 is 0.800 bits per heavy atom. The number of ether oxygens (including phenoxy) is 2. The zero-order chi connectivity index (χ0) is 24.5. The molecule has 0 N–H and O–H groups in total. The van der Waals surface area contributed by atoms with E-state index in [2.05, 4.69) is 0 Å². The summed E-state index contributed by atoms with van der Waals surface area (Å²) in [6.45, 7) is 3.17. The molecule has 5 rings (SSSR count). The molecule has 0 saturated carbocycles. The minimum absolute atomic E-state index is 0.158. The molecule has 7 heteroatoms. The molecule has 2 heterocycles. The summed E-state index contributed by atoms with van der Waals surface area (Å²) in [5.41, 5.74) is 2.13. The molecule has 0 unspecified atom stereocenters. The Balaban J connectivity index is 1.33. The molecule has 0 saturated heterocycles. The van der Waals surface area contributed by atoms with Gasteiger partial charge in [-0.3, -0.25) is 4.79 Å². The molecule has 174 valence electrons. The van der Waals surface area contributed by atoms with Gasteiger partial charge in [-0.15, -0.1) is 0 Å². The summed E-state index contributed by atoms with van der Waals surface area (Å²) in [6.07, 6.45) is 0. The van der Waals surface area contributed by atoms with Crippen LogP contribution in [0, 0.1) is 13.8 Å². The van der Waals surface area contributed by atoms with E-state index >= 15 is 0 Å². The third-order valence-electron chi connectivity index (χ3n) is 5.61. The van der Waals surface area contributed by atoms with Gasteiger partial charge >= 0.3 is 11.6 Å². The van der Waals surface area contributed by atoms with Crippen molar-refractivity contribution in [3.05, 3.63) is 105 Å². The third-order valence-corrected chi connectivity index (χ3v) is 5.61. The molecule has 0 aliphatic rings. The number of esters is 1. The van der Waals surface area contributed by atoms with Gasteiger partial charge in [-0.05, 0) is 49.2 Å². The molecule has 0 bridgehead atoms. The van der Waals surface area contributed by atoms with E-state index in [9.17, 15) is 14.4 Å². The fraction of sp³-hybridized carbons (Fsp3) is 0.107. The number of rotatable bonds is 5. The van der Waals surface area contributed by atoms with Crippen LogP contribution in [0.2, 0.25) is 0 Å². The molecular weight excluding hydrogens is 448 g/mol. The van der Waals surface area contributed by atoms with Gasteiger partial charge in [-0.1, -0.05) is 30.3 Å². The van der Waals surface area contributed by atoms with Gasteiger partial charge in [0.25, 0.3) is 0 Å². The summed E-state index contributed by atoms with van der Waals surface area (Å²) in [6, 6.07) is 20.3. The van der Waals surface area contributed by atoms with Crippen molar-refractivity contribution < 1.29 is 23.1 Å². The monoisotopic (exact) mass is 468 g/mol. The molecule has 0 aliphatic carbocycles. The maximum absolute atomic E-state index is 13.1. The number of benzene rings is 3. The smallest absolute Gasteiger partial charge is 0.349 e. The molecule has 0 amide bonds. The lowest BCUT2D eigenvalue weighted by atomic mass is 10.0. The number of fused-ring (bicyclic) bond motifs is 2. The van der Waals surface area contributed by atoms with Crippen molar-refractivity contribution in [2.75, 3.05) is 6.61 Å². The first-order valence-corrected chi connectivity index (χ1v) is 10.9. The molecule has 3 aromatic carbocycles. The van der Waals surface area contributed by atoms with Gasteiger partial charge in [-0.25, -0.2) is 9.59 Å². The molecule has 0 atom stereocenters. The minimum Gasteiger partial charge on any atom is -0.482 e. The van der Waals surface area contributed by atoms with Gasteiger partial charge in [0, 0.05) is 23.6 Å². The minimum atomic E-state index is -0.643. The molecule has 2 aromatic heterocycles. The van der Waals surface area contributed by atoms with Gasteiger partial charge in [0.2, 0.25) is 5.43 Å². The maximum Gasteiger partial charge on any atom is 0.349 e. The summed E-state index contributed by atoms with van der Waals surface area (Å²) in [5, 5.41) is 1.17. The second kappa shape index (κ2) is 8.95. The van der Waals surface area contributed by atoms with Gasteiger partial charge in [-0.2, -0.15) is 0 Å². The van der Waals surface area contributed by atoms with Gasteiger partial charge in [0.15, 0.2) is 6.61 Å². The third kappa shape index (κ3) is 4.44. The largest absolute Gasteiger partial charge is 0.482 e. The van der Waals surface area contributed by atoms with Crippen molar-refractivity contribution in [3.63, 3.8) is 0 Å². The van der Waals surface area contributed by atoms with E-state index < -0.39 is 11.6 Å². The molecule has 35 heavy (non-hydrogen) atoms. The average Bonchev–Trinajstić information content (AvgIpc) is 2.83. The van der Waals surface area contributed by atoms with Crippen LogP contribution in [-0.2, 0) is 4.79 Å². The number of aryl methyl sites for hydroxylation is 2. The number of hydrogen-bond acceptors (Lipinski definition) is 7. The highest BCUT2D eigenvalue weighted by molar-refractivity contribution is 5.85. The lowest BCUT2D eigenvalue weighted by molar-refractivity contribution is -0.136. The van der Waals surface area contributed by atoms with E-state index in [1.165, 1.54) is 18.2 Å². The number of hydrogen-bond donors (Lipinski definition) is 0. The van der Waals surface area contributed by atoms with Crippen LogP contribution in [-0.4, -0.2) is 12.6 Å². The van der Waals surface area contributed by atoms with Gasteiger partial charge in [0.05, 0.1) is 10.9 Å². The second-order valence-electron chi connectivity index (χ2n) is 8.06. The van der Waals surface area contributed by atoms with Crippen LogP contribution in [0.15, 0.2) is 91.2 Å². The van der Waals surface area contributed by atoms with E-state index in [4.69, 9.17) is 18.3 Å². The van der Waals surface area contributed by atoms with Crippen LogP contribution in [0.5, 0.6) is 11.5 Å². The van der Waals surface area contributed by atoms with E-state index in [0.29, 0.717) is 33.6 Å². The van der Waals surface area contributed by atoms with Crippen LogP contribution >= 0.6 is 0 Å². The summed E-state index contributed by atoms with van der Waals surface area (Å²) >= 11 is 0. The fourth-order valence-electron chi connectivity index (χ4n) is 3.99. The van der Waals surface area contributed by atoms with Crippen LogP contribution in [0.4, 0.5) is 0 Å². The Kier molecular flexibility index (Phi) is 5.66. The van der Waals surface area contributed by atoms with Crippen LogP contribution in [0.25, 0.3) is 33.1 Å². The average molecular weight is 468 g/mol. The van der Waals surface area contributed by atoms with Crippen LogP contribution in [0.3, 0.4) is 0 Å². The fourth-order valence-corrected chi connectivity index (χ4v) is 3.99. The first-order chi connectivity index (χ1) is 16.9. The van der Waals surface area contributed by atoms with Crippen molar-refractivity contribution in [1.29, 1.82) is 0 Å². The molecule has 0 spiro atoms. The molecule has 5 aromatic rings. The number of carbonyl (C=O) groups is 1. The molecule has 0 radical (unpaired) electrons. The standard InChI is InChI=1S/C28H20O7/c1-16-12-25(29)35-23-13-19(8-10-21(16)23)32-15-26(30)34-20-9-11-22-24(14-20)33-17(2)27(28(22)31)18-6-4-3-5-7-18/h3-14H,15H2,1-2H3. The molecule has 7 nitrogen and oxygen atoms in total. The van der Waals surface area contributed by atoms with Crippen LogP contribution in [0.1, 0.15) is 11.3 Å². The first-order valence-electron chi connectivity index (χ1n) is 10.9.